The molecule has 0 spiro atoms. The van der Waals surface area contributed by atoms with Crippen molar-refractivity contribution >= 4 is 17.6 Å². The van der Waals surface area contributed by atoms with Gasteiger partial charge in [-0.15, -0.1) is 5.10 Å². The number of hydrogen-bond donors (Lipinski definition) is 1. The van der Waals surface area contributed by atoms with Crippen LogP contribution >= 0.6 is 0 Å². The van der Waals surface area contributed by atoms with Gasteiger partial charge in [0.15, 0.2) is 5.69 Å². The maximum absolute atomic E-state index is 12.9. The number of carbonyl (C=O) groups is 2. The van der Waals surface area contributed by atoms with Crippen molar-refractivity contribution in [3.63, 3.8) is 0 Å². The Morgan fingerprint density at radius 1 is 1.33 bits per heavy atom. The summed E-state index contributed by atoms with van der Waals surface area (Å²) in [5, 5.41) is 28.1. The first kappa shape index (κ1) is 18.5. The Kier molecular flexibility index (Phi) is 4.89. The molecule has 1 aliphatic rings. The minimum absolute atomic E-state index is 0.0657. The molecule has 2 aromatic rings. The van der Waals surface area contributed by atoms with Gasteiger partial charge in [0.05, 0.1) is 22.2 Å². The number of piperidine rings is 1. The number of nitro benzene ring substituents is 1. The zero-order valence-corrected chi connectivity index (χ0v) is 14.9. The highest BCUT2D eigenvalue weighted by molar-refractivity contribution is 5.93. The average molecular weight is 373 g/mol. The highest BCUT2D eigenvalue weighted by Gasteiger charge is 2.34. The highest BCUT2D eigenvalue weighted by Crippen LogP contribution is 2.24. The molecule has 0 bridgehead atoms. The summed E-state index contributed by atoms with van der Waals surface area (Å²) >= 11 is 0. The van der Waals surface area contributed by atoms with Crippen molar-refractivity contribution in [3.05, 3.63) is 45.8 Å². The van der Waals surface area contributed by atoms with Crippen LogP contribution in [0.15, 0.2) is 24.3 Å². The third-order valence-corrected chi connectivity index (χ3v) is 4.68. The van der Waals surface area contributed by atoms with Crippen LogP contribution in [0.2, 0.25) is 0 Å². The van der Waals surface area contributed by atoms with Gasteiger partial charge in [0.25, 0.3) is 11.6 Å². The average Bonchev–Trinajstić information content (AvgIpc) is 3.02. The molecule has 1 amide bonds. The van der Waals surface area contributed by atoms with Crippen molar-refractivity contribution in [2.45, 2.75) is 20.3 Å². The molecule has 2 unspecified atom stereocenters. The number of aromatic nitrogens is 3. The summed E-state index contributed by atoms with van der Waals surface area (Å²) in [5.41, 5.74) is 0.874. The number of carboxylic acid groups (broad SMARTS) is 1. The fourth-order valence-corrected chi connectivity index (χ4v) is 3.36. The minimum Gasteiger partial charge on any atom is -0.481 e. The maximum Gasteiger partial charge on any atom is 0.308 e. The first-order valence-corrected chi connectivity index (χ1v) is 8.47. The lowest BCUT2D eigenvalue weighted by atomic mass is 9.90. The van der Waals surface area contributed by atoms with E-state index in [1.807, 2.05) is 6.92 Å². The molecule has 2 heterocycles. The molecular formula is C17H19N5O5. The van der Waals surface area contributed by atoms with Gasteiger partial charge in [-0.25, -0.2) is 4.68 Å². The molecule has 1 aliphatic heterocycles. The van der Waals surface area contributed by atoms with Gasteiger partial charge in [0.2, 0.25) is 0 Å². The molecule has 142 valence electrons. The molecule has 27 heavy (non-hydrogen) atoms. The van der Waals surface area contributed by atoms with Gasteiger partial charge in [-0.3, -0.25) is 19.7 Å². The fourth-order valence-electron chi connectivity index (χ4n) is 3.36. The van der Waals surface area contributed by atoms with Crippen LogP contribution in [0, 0.1) is 28.9 Å². The Balaban J connectivity index is 1.88. The molecule has 0 aliphatic carbocycles. The number of carboxylic acids is 1. The second-order valence-corrected chi connectivity index (χ2v) is 6.80. The number of likely N-dealkylation sites (tertiary alicyclic amines) is 1. The second kappa shape index (κ2) is 7.14. The molecule has 10 heteroatoms. The van der Waals surface area contributed by atoms with Crippen LogP contribution in [0.5, 0.6) is 0 Å². The topological polar surface area (TPSA) is 131 Å². The first-order valence-electron chi connectivity index (χ1n) is 8.47. The summed E-state index contributed by atoms with van der Waals surface area (Å²) in [6.07, 6.45) is 0.526. The fraction of sp³-hybridized carbons (Fsp3) is 0.412. The van der Waals surface area contributed by atoms with E-state index in [2.05, 4.69) is 10.3 Å². The number of aliphatic carboxylic acids is 1. The molecule has 1 N–H and O–H groups in total. The van der Waals surface area contributed by atoms with Crippen molar-refractivity contribution in [2.75, 3.05) is 13.1 Å². The molecule has 1 fully saturated rings. The van der Waals surface area contributed by atoms with Gasteiger partial charge in [-0.2, -0.15) is 0 Å². The predicted molar refractivity (Wildman–Crippen MR) is 93.6 cm³/mol. The van der Waals surface area contributed by atoms with Crippen LogP contribution in [0.4, 0.5) is 5.69 Å². The van der Waals surface area contributed by atoms with Crippen LogP contribution in [-0.2, 0) is 4.79 Å². The Hall–Kier alpha value is -3.30. The van der Waals surface area contributed by atoms with Gasteiger partial charge in [-0.05, 0) is 25.3 Å². The van der Waals surface area contributed by atoms with Crippen LogP contribution in [0.25, 0.3) is 5.69 Å². The Morgan fingerprint density at radius 3 is 2.74 bits per heavy atom. The largest absolute Gasteiger partial charge is 0.481 e. The van der Waals surface area contributed by atoms with Gasteiger partial charge >= 0.3 is 5.97 Å². The van der Waals surface area contributed by atoms with Crippen LogP contribution in [0.1, 0.15) is 29.5 Å². The lowest BCUT2D eigenvalue weighted by molar-refractivity contribution is -0.384. The Morgan fingerprint density at radius 2 is 2.07 bits per heavy atom. The number of nitrogens with zero attached hydrogens (tertiary/aromatic N) is 5. The third-order valence-electron chi connectivity index (χ3n) is 4.68. The molecule has 0 saturated carbocycles. The van der Waals surface area contributed by atoms with Crippen LogP contribution in [0.3, 0.4) is 0 Å². The summed E-state index contributed by atoms with van der Waals surface area (Å²) in [6.45, 7) is 4.13. The molecule has 1 aromatic carbocycles. The van der Waals surface area contributed by atoms with Crippen molar-refractivity contribution in [3.8, 4) is 5.69 Å². The molecule has 10 nitrogen and oxygen atoms in total. The number of rotatable bonds is 4. The summed E-state index contributed by atoms with van der Waals surface area (Å²) < 4.78 is 1.36. The van der Waals surface area contributed by atoms with E-state index in [-0.39, 0.29) is 29.8 Å². The van der Waals surface area contributed by atoms with Crippen LogP contribution in [-0.4, -0.2) is 54.9 Å². The van der Waals surface area contributed by atoms with E-state index in [1.165, 1.54) is 27.8 Å². The zero-order valence-electron chi connectivity index (χ0n) is 14.9. The predicted octanol–water partition coefficient (Wildman–Crippen LogP) is 1.67. The Labute approximate surface area is 154 Å². The lowest BCUT2D eigenvalue weighted by Crippen LogP contribution is -2.45. The maximum atomic E-state index is 12.9. The standard InChI is InChI=1S/C17H19N5O5/c1-10-6-12(17(24)25)9-20(8-10)16(23)15-11(2)21(19-18-15)13-4-3-5-14(7-13)22(26)27/h3-5,7,10,12H,6,8-9H2,1-2H3,(H,24,25). The van der Waals surface area contributed by atoms with E-state index in [0.717, 1.165) is 0 Å². The van der Waals surface area contributed by atoms with Crippen molar-refractivity contribution < 1.29 is 19.6 Å². The van der Waals surface area contributed by atoms with Crippen molar-refractivity contribution in [2.24, 2.45) is 11.8 Å². The summed E-state index contributed by atoms with van der Waals surface area (Å²) in [7, 11) is 0. The monoisotopic (exact) mass is 373 g/mol. The highest BCUT2D eigenvalue weighted by atomic mass is 16.6. The number of carbonyl (C=O) groups excluding carboxylic acids is 1. The second-order valence-electron chi connectivity index (χ2n) is 6.80. The third kappa shape index (κ3) is 3.64. The summed E-state index contributed by atoms with van der Waals surface area (Å²) in [5.74, 6) is -1.85. The normalized spacial score (nSPS) is 19.7. The SMILES string of the molecule is Cc1c(C(=O)N2CC(C)CC(C(=O)O)C2)nnn1-c1cccc([N+](=O)[O-])c1. The number of hydrogen-bond acceptors (Lipinski definition) is 6. The molecular weight excluding hydrogens is 354 g/mol. The van der Waals surface area contributed by atoms with Crippen molar-refractivity contribution in [1.29, 1.82) is 0 Å². The number of nitro groups is 1. The molecule has 1 saturated heterocycles. The number of amides is 1. The summed E-state index contributed by atoms with van der Waals surface area (Å²) in [4.78, 5) is 36.1. The van der Waals surface area contributed by atoms with Gasteiger partial charge in [0, 0.05) is 25.2 Å². The molecule has 3 rings (SSSR count). The van der Waals surface area contributed by atoms with Gasteiger partial charge in [0.1, 0.15) is 0 Å². The lowest BCUT2D eigenvalue weighted by Gasteiger charge is -2.34. The van der Waals surface area contributed by atoms with E-state index in [9.17, 15) is 24.8 Å². The number of benzene rings is 1. The molecule has 0 radical (unpaired) electrons. The van der Waals surface area contributed by atoms with E-state index in [0.29, 0.717) is 24.3 Å². The van der Waals surface area contributed by atoms with Crippen LogP contribution < -0.4 is 0 Å². The van der Waals surface area contributed by atoms with E-state index >= 15 is 0 Å². The van der Waals surface area contributed by atoms with E-state index < -0.39 is 16.8 Å². The van der Waals surface area contributed by atoms with Gasteiger partial charge < -0.3 is 10.0 Å². The van der Waals surface area contributed by atoms with Crippen molar-refractivity contribution in [1.82, 2.24) is 19.9 Å². The number of non-ortho nitro benzene ring substituents is 1. The Bertz CT molecular complexity index is 909. The first-order chi connectivity index (χ1) is 12.8. The molecule has 1 aromatic heterocycles. The quantitative estimate of drug-likeness (QED) is 0.637. The van der Waals surface area contributed by atoms with E-state index in [4.69, 9.17) is 0 Å². The van der Waals surface area contributed by atoms with Gasteiger partial charge in [-0.1, -0.05) is 18.2 Å². The zero-order chi connectivity index (χ0) is 19.7. The van der Waals surface area contributed by atoms with E-state index in [1.54, 1.807) is 13.0 Å². The minimum atomic E-state index is -0.920. The molecule has 2 atom stereocenters. The summed E-state index contributed by atoms with van der Waals surface area (Å²) in [6, 6.07) is 5.87. The smallest absolute Gasteiger partial charge is 0.308 e.